The lowest BCUT2D eigenvalue weighted by Gasteiger charge is -2.21. The minimum absolute atomic E-state index is 0.133. The molecular formula is C10H20N2O3. The van der Waals surface area contributed by atoms with Crippen molar-refractivity contribution in [3.63, 3.8) is 0 Å². The second-order valence-corrected chi connectivity index (χ2v) is 4.71. The molecule has 1 amide bonds. The predicted molar refractivity (Wildman–Crippen MR) is 57.2 cm³/mol. The summed E-state index contributed by atoms with van der Waals surface area (Å²) in [6.07, 6.45) is -1.08. The highest BCUT2D eigenvalue weighted by atomic mass is 16.6. The normalized spacial score (nSPS) is 13.3. The van der Waals surface area contributed by atoms with Crippen LogP contribution in [0.4, 0.5) is 4.79 Å². The number of nitrogens with two attached hydrogens (primary N) is 2. The van der Waals surface area contributed by atoms with E-state index < -0.39 is 12.2 Å². The topological polar surface area (TPSA) is 95.4 Å². The molecule has 0 aliphatic carbocycles. The molecular weight excluding hydrogens is 196 g/mol. The van der Waals surface area contributed by atoms with Gasteiger partial charge in [0.25, 0.3) is 0 Å². The number of hydrogen-bond donors (Lipinski definition) is 2. The number of primary amides is 1. The third kappa shape index (κ3) is 6.90. The van der Waals surface area contributed by atoms with Crippen LogP contribution in [0.5, 0.6) is 0 Å². The minimum atomic E-state index is -0.935. The van der Waals surface area contributed by atoms with Gasteiger partial charge in [0.05, 0.1) is 0 Å². The van der Waals surface area contributed by atoms with E-state index >= 15 is 0 Å². The van der Waals surface area contributed by atoms with Crippen LogP contribution in [0.25, 0.3) is 0 Å². The fourth-order valence-corrected chi connectivity index (χ4v) is 1.21. The molecule has 0 rings (SSSR count). The molecule has 0 aromatic carbocycles. The molecule has 1 atom stereocenters. The van der Waals surface area contributed by atoms with Crippen molar-refractivity contribution in [2.75, 3.05) is 6.54 Å². The van der Waals surface area contributed by atoms with Crippen LogP contribution in [-0.4, -0.2) is 24.5 Å². The molecule has 0 fully saturated rings. The van der Waals surface area contributed by atoms with Crippen molar-refractivity contribution in [1.82, 2.24) is 0 Å². The highest BCUT2D eigenvalue weighted by molar-refractivity contribution is 5.85. The second kappa shape index (κ2) is 5.70. The van der Waals surface area contributed by atoms with E-state index in [4.69, 9.17) is 16.2 Å². The Bertz CT molecular complexity index is 233. The van der Waals surface area contributed by atoms with Crippen LogP contribution >= 0.6 is 0 Å². The third-order valence-electron chi connectivity index (χ3n) is 1.75. The summed E-state index contributed by atoms with van der Waals surface area (Å²) < 4.78 is 4.71. The first kappa shape index (κ1) is 13.9. The maximum atomic E-state index is 11.7. The second-order valence-electron chi connectivity index (χ2n) is 4.71. The van der Waals surface area contributed by atoms with Crippen LogP contribution < -0.4 is 11.5 Å². The molecule has 0 saturated heterocycles. The van der Waals surface area contributed by atoms with E-state index in [1.807, 2.05) is 20.8 Å². The van der Waals surface area contributed by atoms with Gasteiger partial charge in [0.2, 0.25) is 0 Å². The number of Topliss-reactive ketones (excluding diaryl/α,β-unsaturated/α-hetero) is 1. The number of rotatable bonds is 5. The van der Waals surface area contributed by atoms with E-state index in [1.165, 1.54) is 0 Å². The molecule has 0 aromatic rings. The van der Waals surface area contributed by atoms with Crippen LogP contribution in [0, 0.1) is 5.41 Å². The number of ether oxygens (including phenoxy) is 1. The van der Waals surface area contributed by atoms with Gasteiger partial charge >= 0.3 is 6.09 Å². The molecule has 0 spiro atoms. The van der Waals surface area contributed by atoms with Crippen molar-refractivity contribution in [3.8, 4) is 0 Å². The highest BCUT2D eigenvalue weighted by Crippen LogP contribution is 2.21. The van der Waals surface area contributed by atoms with Gasteiger partial charge in [-0.2, -0.15) is 0 Å². The molecule has 1 unspecified atom stereocenters. The Balaban J connectivity index is 4.35. The maximum Gasteiger partial charge on any atom is 0.405 e. The Labute approximate surface area is 90.1 Å². The van der Waals surface area contributed by atoms with E-state index in [-0.39, 0.29) is 17.7 Å². The van der Waals surface area contributed by atoms with E-state index in [9.17, 15) is 9.59 Å². The number of hydrogen-bond acceptors (Lipinski definition) is 4. The van der Waals surface area contributed by atoms with Gasteiger partial charge in [0.1, 0.15) is 0 Å². The predicted octanol–water partition coefficient (Wildman–Crippen LogP) is 0.804. The zero-order valence-electron chi connectivity index (χ0n) is 9.58. The summed E-state index contributed by atoms with van der Waals surface area (Å²) in [6.45, 7) is 6.10. The van der Waals surface area contributed by atoms with E-state index in [0.29, 0.717) is 12.8 Å². The van der Waals surface area contributed by atoms with E-state index in [1.54, 1.807) is 0 Å². The summed E-state index contributed by atoms with van der Waals surface area (Å²) in [5.74, 6) is -0.133. The lowest BCUT2D eigenvalue weighted by molar-refractivity contribution is -0.129. The Morgan fingerprint density at radius 2 is 1.87 bits per heavy atom. The molecule has 5 nitrogen and oxygen atoms in total. The number of carbonyl (C=O) groups excluding carboxylic acids is 2. The molecule has 0 radical (unpaired) electrons. The molecule has 88 valence electrons. The SMILES string of the molecule is CC(C)(C)CC(=O)C(CCN)OC(N)=O. The minimum Gasteiger partial charge on any atom is -0.438 e. The molecule has 0 bridgehead atoms. The van der Waals surface area contributed by atoms with Gasteiger partial charge in [-0.05, 0) is 12.0 Å². The standard InChI is InChI=1S/C10H20N2O3/c1-10(2,3)6-7(13)8(4-5-11)15-9(12)14/h8H,4-6,11H2,1-3H3,(H2,12,14). The van der Waals surface area contributed by atoms with Crippen molar-refractivity contribution < 1.29 is 14.3 Å². The fourth-order valence-electron chi connectivity index (χ4n) is 1.21. The van der Waals surface area contributed by atoms with Crippen molar-refractivity contribution in [1.29, 1.82) is 0 Å². The van der Waals surface area contributed by atoms with Gasteiger partial charge in [-0.1, -0.05) is 20.8 Å². The lowest BCUT2D eigenvalue weighted by Crippen LogP contribution is -2.33. The van der Waals surface area contributed by atoms with E-state index in [2.05, 4.69) is 0 Å². The smallest absolute Gasteiger partial charge is 0.405 e. The molecule has 15 heavy (non-hydrogen) atoms. The van der Waals surface area contributed by atoms with Gasteiger partial charge in [-0.25, -0.2) is 4.79 Å². The van der Waals surface area contributed by atoms with Crippen molar-refractivity contribution >= 4 is 11.9 Å². The Kier molecular flexibility index (Phi) is 5.28. The first-order valence-corrected chi connectivity index (χ1v) is 4.95. The van der Waals surface area contributed by atoms with Crippen LogP contribution in [0.3, 0.4) is 0 Å². The molecule has 0 aliphatic heterocycles. The largest absolute Gasteiger partial charge is 0.438 e. The molecule has 4 N–H and O–H groups in total. The first-order chi connectivity index (χ1) is 6.76. The van der Waals surface area contributed by atoms with Crippen LogP contribution in [0.2, 0.25) is 0 Å². The van der Waals surface area contributed by atoms with Gasteiger partial charge in [0, 0.05) is 12.8 Å². The number of amides is 1. The molecule has 0 saturated carbocycles. The molecule has 0 aromatic heterocycles. The highest BCUT2D eigenvalue weighted by Gasteiger charge is 2.25. The summed E-state index contributed by atoms with van der Waals surface area (Å²) in [5, 5.41) is 0. The summed E-state index contributed by atoms with van der Waals surface area (Å²) >= 11 is 0. The zero-order valence-corrected chi connectivity index (χ0v) is 9.58. The van der Waals surface area contributed by atoms with Crippen LogP contribution in [0.15, 0.2) is 0 Å². The summed E-state index contributed by atoms with van der Waals surface area (Å²) in [4.78, 5) is 22.3. The Morgan fingerprint density at radius 1 is 1.33 bits per heavy atom. The first-order valence-electron chi connectivity index (χ1n) is 4.95. The Hall–Kier alpha value is -1.10. The monoisotopic (exact) mass is 216 g/mol. The van der Waals surface area contributed by atoms with Gasteiger partial charge < -0.3 is 16.2 Å². The van der Waals surface area contributed by atoms with E-state index in [0.717, 1.165) is 0 Å². The van der Waals surface area contributed by atoms with Crippen molar-refractivity contribution in [2.45, 2.75) is 39.7 Å². The zero-order chi connectivity index (χ0) is 12.1. The van der Waals surface area contributed by atoms with Crippen molar-refractivity contribution in [2.24, 2.45) is 16.9 Å². The molecule has 5 heteroatoms. The summed E-state index contributed by atoms with van der Waals surface area (Å²) in [5.41, 5.74) is 10.1. The Morgan fingerprint density at radius 3 is 2.20 bits per heavy atom. The van der Waals surface area contributed by atoms with Gasteiger partial charge in [-0.15, -0.1) is 0 Å². The lowest BCUT2D eigenvalue weighted by atomic mass is 9.88. The number of ketones is 1. The van der Waals surface area contributed by atoms with Crippen molar-refractivity contribution in [3.05, 3.63) is 0 Å². The fraction of sp³-hybridized carbons (Fsp3) is 0.800. The average molecular weight is 216 g/mol. The van der Waals surface area contributed by atoms with Gasteiger partial charge in [-0.3, -0.25) is 4.79 Å². The van der Waals surface area contributed by atoms with Gasteiger partial charge in [0.15, 0.2) is 11.9 Å². The molecule has 0 aliphatic rings. The summed E-state index contributed by atoms with van der Waals surface area (Å²) in [6, 6.07) is 0. The number of carbonyl (C=O) groups is 2. The maximum absolute atomic E-state index is 11.7. The summed E-state index contributed by atoms with van der Waals surface area (Å²) in [7, 11) is 0. The molecule has 0 heterocycles. The quantitative estimate of drug-likeness (QED) is 0.710. The average Bonchev–Trinajstić information content (AvgIpc) is 1.99. The third-order valence-corrected chi connectivity index (χ3v) is 1.75. The van der Waals surface area contributed by atoms with Crippen LogP contribution in [-0.2, 0) is 9.53 Å². The van der Waals surface area contributed by atoms with Crippen LogP contribution in [0.1, 0.15) is 33.6 Å².